The predicted octanol–water partition coefficient (Wildman–Crippen LogP) is 4.26. The Hall–Kier alpha value is -2.26. The lowest BCUT2D eigenvalue weighted by atomic mass is 10.0. The summed E-state index contributed by atoms with van der Waals surface area (Å²) >= 11 is 5.82. The number of benzene rings is 2. The van der Waals surface area contributed by atoms with Crippen LogP contribution in [0.5, 0.6) is 0 Å². The van der Waals surface area contributed by atoms with Crippen molar-refractivity contribution in [1.82, 2.24) is 4.98 Å². The Morgan fingerprint density at radius 3 is 2.40 bits per heavy atom. The van der Waals surface area contributed by atoms with Crippen molar-refractivity contribution in [2.75, 3.05) is 0 Å². The molecule has 0 unspecified atom stereocenters. The van der Waals surface area contributed by atoms with E-state index in [1.165, 1.54) is 24.3 Å². The molecule has 0 aliphatic carbocycles. The van der Waals surface area contributed by atoms with Gasteiger partial charge in [-0.3, -0.25) is 4.79 Å². The predicted molar refractivity (Wildman–Crippen MR) is 76.6 cm³/mol. The Balaban J connectivity index is 2.03. The number of rotatable bonds is 2. The van der Waals surface area contributed by atoms with Crippen LogP contribution < -0.4 is 0 Å². The third-order valence-electron chi connectivity index (χ3n) is 3.02. The number of carbonyl (C=O) groups excluding carboxylic acids is 1. The van der Waals surface area contributed by atoms with Crippen molar-refractivity contribution in [1.29, 1.82) is 0 Å². The summed E-state index contributed by atoms with van der Waals surface area (Å²) in [7, 11) is 0. The van der Waals surface area contributed by atoms with Gasteiger partial charge in [-0.1, -0.05) is 11.6 Å². The summed E-state index contributed by atoms with van der Waals surface area (Å²) in [6.45, 7) is 0. The molecular formula is C16H9ClFNO. The number of halogens is 2. The molecule has 0 aliphatic rings. The molecule has 0 saturated heterocycles. The fourth-order valence-electron chi connectivity index (χ4n) is 2.01. The molecule has 0 N–H and O–H groups in total. The molecule has 20 heavy (non-hydrogen) atoms. The highest BCUT2D eigenvalue weighted by molar-refractivity contribution is 6.29. The van der Waals surface area contributed by atoms with Crippen LogP contribution >= 0.6 is 11.6 Å². The number of nitrogens with zero attached hydrogens (tertiary/aromatic N) is 1. The fourth-order valence-corrected chi connectivity index (χ4v) is 2.16. The minimum atomic E-state index is -0.362. The van der Waals surface area contributed by atoms with Gasteiger partial charge in [0.05, 0.1) is 5.52 Å². The molecule has 3 rings (SSSR count). The highest BCUT2D eigenvalue weighted by atomic mass is 35.5. The maximum Gasteiger partial charge on any atom is 0.193 e. The van der Waals surface area contributed by atoms with Crippen molar-refractivity contribution >= 4 is 28.3 Å². The van der Waals surface area contributed by atoms with Crippen LogP contribution in [0.15, 0.2) is 54.6 Å². The monoisotopic (exact) mass is 285 g/mol. The molecule has 2 nitrogen and oxygen atoms in total. The largest absolute Gasteiger partial charge is 0.289 e. The number of pyridine rings is 1. The molecule has 98 valence electrons. The van der Waals surface area contributed by atoms with Gasteiger partial charge >= 0.3 is 0 Å². The normalized spacial score (nSPS) is 10.7. The van der Waals surface area contributed by atoms with Gasteiger partial charge in [-0.25, -0.2) is 9.37 Å². The van der Waals surface area contributed by atoms with Crippen molar-refractivity contribution in [2.24, 2.45) is 0 Å². The van der Waals surface area contributed by atoms with E-state index in [2.05, 4.69) is 4.98 Å². The molecule has 0 amide bonds. The number of ketones is 1. The number of carbonyl (C=O) groups is 1. The summed E-state index contributed by atoms with van der Waals surface area (Å²) in [4.78, 5) is 16.5. The third kappa shape index (κ3) is 2.40. The van der Waals surface area contributed by atoms with Crippen molar-refractivity contribution < 1.29 is 9.18 Å². The molecule has 2 aromatic carbocycles. The Labute approximate surface area is 119 Å². The van der Waals surface area contributed by atoms with Crippen LogP contribution in [0.25, 0.3) is 10.9 Å². The minimum Gasteiger partial charge on any atom is -0.289 e. The Morgan fingerprint density at radius 1 is 0.950 bits per heavy atom. The van der Waals surface area contributed by atoms with E-state index in [4.69, 9.17) is 11.6 Å². The van der Waals surface area contributed by atoms with Crippen LogP contribution in [0.3, 0.4) is 0 Å². The van der Waals surface area contributed by atoms with Gasteiger partial charge in [-0.2, -0.15) is 0 Å². The van der Waals surface area contributed by atoms with Crippen LogP contribution in [0.4, 0.5) is 4.39 Å². The van der Waals surface area contributed by atoms with Gasteiger partial charge in [0.1, 0.15) is 11.0 Å². The van der Waals surface area contributed by atoms with E-state index in [0.29, 0.717) is 16.3 Å². The van der Waals surface area contributed by atoms with Crippen molar-refractivity contribution in [3.05, 3.63) is 76.7 Å². The van der Waals surface area contributed by atoms with Crippen LogP contribution in [0.1, 0.15) is 15.9 Å². The second kappa shape index (κ2) is 5.02. The summed E-state index contributed by atoms with van der Waals surface area (Å²) in [5.41, 5.74) is 1.72. The number of hydrogen-bond acceptors (Lipinski definition) is 2. The molecule has 1 aromatic heterocycles. The van der Waals surface area contributed by atoms with E-state index in [1.807, 2.05) is 6.07 Å². The van der Waals surface area contributed by atoms with Crippen LogP contribution in [-0.2, 0) is 0 Å². The first-order valence-corrected chi connectivity index (χ1v) is 6.38. The summed E-state index contributed by atoms with van der Waals surface area (Å²) in [5.74, 6) is -0.513. The van der Waals surface area contributed by atoms with E-state index in [1.54, 1.807) is 24.3 Å². The molecule has 1 heterocycles. The van der Waals surface area contributed by atoms with Crippen molar-refractivity contribution in [3.63, 3.8) is 0 Å². The highest BCUT2D eigenvalue weighted by Gasteiger charge is 2.10. The first-order chi connectivity index (χ1) is 9.63. The van der Waals surface area contributed by atoms with E-state index in [-0.39, 0.29) is 11.6 Å². The Morgan fingerprint density at radius 2 is 1.65 bits per heavy atom. The van der Waals surface area contributed by atoms with E-state index < -0.39 is 0 Å². The fraction of sp³-hybridized carbons (Fsp3) is 0. The van der Waals surface area contributed by atoms with Gasteiger partial charge in [0.25, 0.3) is 0 Å². The second-order valence-corrected chi connectivity index (χ2v) is 4.76. The highest BCUT2D eigenvalue weighted by Crippen LogP contribution is 2.19. The van der Waals surface area contributed by atoms with Gasteiger partial charge in [-0.15, -0.1) is 0 Å². The van der Waals surface area contributed by atoms with Crippen LogP contribution in [0, 0.1) is 5.82 Å². The van der Waals surface area contributed by atoms with Gasteiger partial charge in [0.2, 0.25) is 0 Å². The zero-order chi connectivity index (χ0) is 14.1. The van der Waals surface area contributed by atoms with Gasteiger partial charge in [-0.05, 0) is 54.6 Å². The van der Waals surface area contributed by atoms with Crippen molar-refractivity contribution in [2.45, 2.75) is 0 Å². The molecule has 0 aliphatic heterocycles. The maximum absolute atomic E-state index is 12.9. The molecule has 0 spiro atoms. The van der Waals surface area contributed by atoms with E-state index >= 15 is 0 Å². The van der Waals surface area contributed by atoms with Gasteiger partial charge in [0.15, 0.2) is 5.78 Å². The zero-order valence-corrected chi connectivity index (χ0v) is 11.1. The number of hydrogen-bond donors (Lipinski definition) is 0. The smallest absolute Gasteiger partial charge is 0.193 e. The lowest BCUT2D eigenvalue weighted by Gasteiger charge is -2.03. The van der Waals surface area contributed by atoms with Gasteiger partial charge < -0.3 is 0 Å². The van der Waals surface area contributed by atoms with Crippen LogP contribution in [0.2, 0.25) is 5.15 Å². The molecule has 3 aromatic rings. The quantitative estimate of drug-likeness (QED) is 0.520. The number of aromatic nitrogens is 1. The first-order valence-electron chi connectivity index (χ1n) is 6.00. The molecule has 0 bridgehead atoms. The summed E-state index contributed by atoms with van der Waals surface area (Å²) in [6, 6.07) is 14.2. The average Bonchev–Trinajstić information content (AvgIpc) is 2.47. The van der Waals surface area contributed by atoms with Crippen LogP contribution in [-0.4, -0.2) is 10.8 Å². The third-order valence-corrected chi connectivity index (χ3v) is 3.23. The number of fused-ring (bicyclic) bond motifs is 1. The molecule has 4 heteroatoms. The lowest BCUT2D eigenvalue weighted by molar-refractivity contribution is 0.103. The molecule has 0 fully saturated rings. The molecule has 0 atom stereocenters. The standard InChI is InChI=1S/C16H9ClFNO/c17-15-8-4-11-9-12(3-7-14(11)19-15)16(20)10-1-5-13(18)6-2-10/h1-9H. The average molecular weight is 286 g/mol. The molecule has 0 saturated carbocycles. The second-order valence-electron chi connectivity index (χ2n) is 4.38. The van der Waals surface area contributed by atoms with Crippen molar-refractivity contribution in [3.8, 4) is 0 Å². The molecular weight excluding hydrogens is 277 g/mol. The summed E-state index contributed by atoms with van der Waals surface area (Å²) < 4.78 is 12.9. The summed E-state index contributed by atoms with van der Waals surface area (Å²) in [6.07, 6.45) is 0. The summed E-state index contributed by atoms with van der Waals surface area (Å²) in [5, 5.41) is 1.25. The van der Waals surface area contributed by atoms with Gasteiger partial charge in [0, 0.05) is 16.5 Å². The van der Waals surface area contributed by atoms with E-state index in [0.717, 1.165) is 10.9 Å². The zero-order valence-electron chi connectivity index (χ0n) is 10.3. The first kappa shape index (κ1) is 12.8. The minimum absolute atomic E-state index is 0.151. The maximum atomic E-state index is 12.9. The topological polar surface area (TPSA) is 30.0 Å². The van der Waals surface area contributed by atoms with E-state index in [9.17, 15) is 9.18 Å². The Bertz CT molecular complexity index is 799. The SMILES string of the molecule is O=C(c1ccc(F)cc1)c1ccc2nc(Cl)ccc2c1. The Kier molecular flexibility index (Phi) is 3.20. The lowest BCUT2D eigenvalue weighted by Crippen LogP contribution is -2.01. The molecule has 0 radical (unpaired) electrons.